The molecule has 0 bridgehead atoms. The van der Waals surface area contributed by atoms with Gasteiger partial charge in [0.2, 0.25) is 5.91 Å². The SMILES string of the molecule is COc1ccc(Cl)cc1NC(=O)COC(=O)CCCC(=O)Nc1ccc(Oc2ccc(C)c(C)c2)cc1. The summed E-state index contributed by atoms with van der Waals surface area (Å²) in [7, 11) is 1.46. The van der Waals surface area contributed by atoms with Crippen LogP contribution >= 0.6 is 11.6 Å². The van der Waals surface area contributed by atoms with Crippen LogP contribution in [-0.2, 0) is 19.1 Å². The molecule has 0 aliphatic heterocycles. The molecule has 2 amide bonds. The maximum Gasteiger partial charge on any atom is 0.306 e. The zero-order chi connectivity index (χ0) is 26.8. The van der Waals surface area contributed by atoms with Crippen molar-refractivity contribution >= 4 is 40.8 Å². The highest BCUT2D eigenvalue weighted by molar-refractivity contribution is 6.31. The topological polar surface area (TPSA) is 103 Å². The van der Waals surface area contributed by atoms with E-state index in [1.807, 2.05) is 32.0 Å². The highest BCUT2D eigenvalue weighted by Gasteiger charge is 2.12. The monoisotopic (exact) mass is 524 g/mol. The van der Waals surface area contributed by atoms with E-state index in [-0.39, 0.29) is 25.2 Å². The van der Waals surface area contributed by atoms with Gasteiger partial charge in [-0.15, -0.1) is 0 Å². The van der Waals surface area contributed by atoms with Crippen LogP contribution in [0.1, 0.15) is 30.4 Å². The lowest BCUT2D eigenvalue weighted by Crippen LogP contribution is -2.21. The fourth-order valence-electron chi connectivity index (χ4n) is 3.32. The first-order chi connectivity index (χ1) is 17.7. The normalized spacial score (nSPS) is 10.4. The van der Waals surface area contributed by atoms with Gasteiger partial charge in [0.15, 0.2) is 6.61 Å². The smallest absolute Gasteiger partial charge is 0.306 e. The summed E-state index contributed by atoms with van der Waals surface area (Å²) in [4.78, 5) is 36.2. The molecule has 0 heterocycles. The van der Waals surface area contributed by atoms with Gasteiger partial charge in [-0.25, -0.2) is 0 Å². The largest absolute Gasteiger partial charge is 0.495 e. The third-order valence-electron chi connectivity index (χ3n) is 5.44. The number of carbonyl (C=O) groups is 3. The summed E-state index contributed by atoms with van der Waals surface area (Å²) in [5.74, 6) is 0.487. The molecule has 8 nitrogen and oxygen atoms in total. The zero-order valence-electron chi connectivity index (χ0n) is 20.9. The predicted molar refractivity (Wildman–Crippen MR) is 143 cm³/mol. The zero-order valence-corrected chi connectivity index (χ0v) is 21.7. The van der Waals surface area contributed by atoms with E-state index in [1.165, 1.54) is 18.7 Å². The molecule has 3 aromatic rings. The van der Waals surface area contributed by atoms with Crippen LogP contribution in [0.25, 0.3) is 0 Å². The number of nitrogens with one attached hydrogen (secondary N) is 2. The van der Waals surface area contributed by atoms with Crippen LogP contribution in [0.4, 0.5) is 11.4 Å². The second-order valence-electron chi connectivity index (χ2n) is 8.33. The van der Waals surface area contributed by atoms with E-state index in [2.05, 4.69) is 10.6 Å². The molecule has 0 saturated carbocycles. The van der Waals surface area contributed by atoms with Crippen molar-refractivity contribution in [2.24, 2.45) is 0 Å². The number of hydrogen-bond donors (Lipinski definition) is 2. The van der Waals surface area contributed by atoms with Crippen LogP contribution in [0.2, 0.25) is 5.02 Å². The molecular weight excluding hydrogens is 496 g/mol. The van der Waals surface area contributed by atoms with E-state index < -0.39 is 18.5 Å². The van der Waals surface area contributed by atoms with Gasteiger partial charge in [-0.05, 0) is 86.0 Å². The lowest BCUT2D eigenvalue weighted by Gasteiger charge is -2.11. The van der Waals surface area contributed by atoms with Crippen molar-refractivity contribution in [1.82, 2.24) is 0 Å². The van der Waals surface area contributed by atoms with Crippen molar-refractivity contribution in [3.05, 3.63) is 76.8 Å². The average molecular weight is 525 g/mol. The average Bonchev–Trinajstić information content (AvgIpc) is 2.86. The van der Waals surface area contributed by atoms with Gasteiger partial charge >= 0.3 is 5.97 Å². The molecule has 2 N–H and O–H groups in total. The van der Waals surface area contributed by atoms with E-state index in [0.29, 0.717) is 27.9 Å². The predicted octanol–water partition coefficient (Wildman–Crippen LogP) is 6.05. The van der Waals surface area contributed by atoms with Gasteiger partial charge in [0.05, 0.1) is 12.8 Å². The van der Waals surface area contributed by atoms with Crippen molar-refractivity contribution in [1.29, 1.82) is 0 Å². The van der Waals surface area contributed by atoms with Crippen LogP contribution in [0.15, 0.2) is 60.7 Å². The molecule has 0 spiro atoms. The van der Waals surface area contributed by atoms with E-state index in [0.717, 1.165) is 11.3 Å². The number of hydrogen-bond acceptors (Lipinski definition) is 6. The highest BCUT2D eigenvalue weighted by atomic mass is 35.5. The second kappa shape index (κ2) is 13.3. The van der Waals surface area contributed by atoms with Gasteiger partial charge in [-0.3, -0.25) is 14.4 Å². The number of halogens is 1. The van der Waals surface area contributed by atoms with Crippen molar-refractivity contribution < 1.29 is 28.6 Å². The summed E-state index contributed by atoms with van der Waals surface area (Å²) < 4.78 is 16.0. The van der Waals surface area contributed by atoms with E-state index in [1.54, 1.807) is 36.4 Å². The maximum absolute atomic E-state index is 12.2. The summed E-state index contributed by atoms with van der Waals surface area (Å²) in [5.41, 5.74) is 3.33. The number of anilines is 2. The fourth-order valence-corrected chi connectivity index (χ4v) is 3.49. The molecule has 0 fully saturated rings. The Morgan fingerprint density at radius 3 is 2.24 bits per heavy atom. The van der Waals surface area contributed by atoms with E-state index >= 15 is 0 Å². The molecule has 9 heteroatoms. The Bertz CT molecular complexity index is 1260. The molecule has 0 saturated heterocycles. The fraction of sp³-hybridized carbons (Fsp3) is 0.250. The van der Waals surface area contributed by atoms with Gasteiger partial charge in [-0.2, -0.15) is 0 Å². The second-order valence-corrected chi connectivity index (χ2v) is 8.76. The quantitative estimate of drug-likeness (QED) is 0.296. The Labute approximate surface area is 220 Å². The highest BCUT2D eigenvalue weighted by Crippen LogP contribution is 2.28. The van der Waals surface area contributed by atoms with Crippen LogP contribution in [0.5, 0.6) is 17.2 Å². The molecule has 0 atom stereocenters. The molecule has 3 rings (SSSR count). The van der Waals surface area contributed by atoms with E-state index in [9.17, 15) is 14.4 Å². The minimum absolute atomic E-state index is 0.00390. The number of methoxy groups -OCH3 is 1. The lowest BCUT2D eigenvalue weighted by atomic mass is 10.1. The van der Waals surface area contributed by atoms with Gasteiger partial charge < -0.3 is 24.8 Å². The molecule has 0 aliphatic carbocycles. The van der Waals surface area contributed by atoms with Gasteiger partial charge in [0.1, 0.15) is 17.2 Å². The Morgan fingerprint density at radius 1 is 0.811 bits per heavy atom. The van der Waals surface area contributed by atoms with Crippen molar-refractivity contribution in [3.8, 4) is 17.2 Å². The first-order valence-electron chi connectivity index (χ1n) is 11.7. The van der Waals surface area contributed by atoms with Crippen molar-refractivity contribution in [3.63, 3.8) is 0 Å². The maximum atomic E-state index is 12.2. The molecular formula is C28H29ClN2O6. The summed E-state index contributed by atoms with van der Waals surface area (Å²) in [6, 6.07) is 17.7. The summed E-state index contributed by atoms with van der Waals surface area (Å²) >= 11 is 5.93. The minimum Gasteiger partial charge on any atom is -0.495 e. The van der Waals surface area contributed by atoms with Crippen LogP contribution in [0.3, 0.4) is 0 Å². The summed E-state index contributed by atoms with van der Waals surface area (Å²) in [5, 5.41) is 5.79. The molecule has 0 aromatic heterocycles. The number of benzene rings is 3. The Morgan fingerprint density at radius 2 is 1.54 bits per heavy atom. The number of ether oxygens (including phenoxy) is 3. The minimum atomic E-state index is -0.575. The number of carbonyl (C=O) groups excluding carboxylic acids is 3. The molecule has 0 aliphatic rings. The summed E-state index contributed by atoms with van der Waals surface area (Å²) in [6.07, 6.45) is 0.411. The number of esters is 1. The van der Waals surface area contributed by atoms with Crippen LogP contribution in [0, 0.1) is 13.8 Å². The standard InChI is InChI=1S/C28H29ClN2O6/c1-18-7-11-23(15-19(18)2)37-22-12-9-21(10-13-22)30-26(32)5-4-6-28(34)36-17-27(33)31-24-16-20(29)8-14-25(24)35-3/h7-16H,4-6,17H2,1-3H3,(H,30,32)(H,31,33). The third kappa shape index (κ3) is 8.84. The third-order valence-corrected chi connectivity index (χ3v) is 5.67. The Hall–Kier alpha value is -4.04. The van der Waals surface area contributed by atoms with Crippen LogP contribution in [-0.4, -0.2) is 31.5 Å². The van der Waals surface area contributed by atoms with E-state index in [4.69, 9.17) is 25.8 Å². The molecule has 3 aromatic carbocycles. The molecule has 194 valence electrons. The first kappa shape index (κ1) is 27.5. The number of aryl methyl sites for hydroxylation is 2. The van der Waals surface area contributed by atoms with Gasteiger partial charge in [0.25, 0.3) is 5.91 Å². The van der Waals surface area contributed by atoms with Crippen molar-refractivity contribution in [2.45, 2.75) is 33.1 Å². The first-order valence-corrected chi connectivity index (χ1v) is 12.1. The van der Waals surface area contributed by atoms with Gasteiger partial charge in [0, 0.05) is 23.6 Å². The Balaban J connectivity index is 1.35. The van der Waals surface area contributed by atoms with Crippen LogP contribution < -0.4 is 20.1 Å². The molecule has 0 radical (unpaired) electrons. The Kier molecular flexibility index (Phi) is 9.92. The molecule has 37 heavy (non-hydrogen) atoms. The summed E-state index contributed by atoms with van der Waals surface area (Å²) in [6.45, 7) is 3.61. The van der Waals surface area contributed by atoms with Crippen molar-refractivity contribution in [2.75, 3.05) is 24.4 Å². The van der Waals surface area contributed by atoms with Gasteiger partial charge in [-0.1, -0.05) is 17.7 Å². The number of amides is 2. The lowest BCUT2D eigenvalue weighted by molar-refractivity contribution is -0.147. The molecule has 0 unspecified atom stereocenters. The number of rotatable bonds is 11.